The number of nitrogens with one attached hydrogen (secondary N) is 2. The Morgan fingerprint density at radius 2 is 2.17 bits per heavy atom. The minimum atomic E-state index is -0.0670. The molecule has 0 spiro atoms. The molecule has 2 aliphatic heterocycles. The monoisotopic (exact) mass is 333 g/mol. The second-order valence-corrected chi connectivity index (χ2v) is 5.63. The van der Waals surface area contributed by atoms with Crippen LogP contribution in [-0.4, -0.2) is 49.5 Å². The number of hydrogen-bond donors (Lipinski definition) is 2. The number of hydrogen-bond acceptors (Lipinski definition) is 7. The third kappa shape index (κ3) is 2.98. The van der Waals surface area contributed by atoms with Crippen molar-refractivity contribution in [3.8, 4) is 23.0 Å². The van der Waals surface area contributed by atoms with Gasteiger partial charge in [-0.15, -0.1) is 0 Å². The molecule has 1 fully saturated rings. The van der Waals surface area contributed by atoms with Crippen molar-refractivity contribution in [2.24, 2.45) is 0 Å². The first kappa shape index (κ1) is 15.1. The summed E-state index contributed by atoms with van der Waals surface area (Å²) < 4.78 is 27.7. The topological polar surface area (TPSA) is 86.9 Å². The SMILES string of the molecule is COc1cc2c(cc1CN[C@H]1COC[C@H]1Oc1cn[nH]c1)OCO2. The molecule has 128 valence electrons. The Bertz CT molecular complexity index is 691. The summed E-state index contributed by atoms with van der Waals surface area (Å²) in [6.07, 6.45) is 3.30. The third-order valence-corrected chi connectivity index (χ3v) is 4.12. The first-order chi connectivity index (χ1) is 11.8. The minimum absolute atomic E-state index is 0.0670. The van der Waals surface area contributed by atoms with Crippen LogP contribution in [0.4, 0.5) is 0 Å². The fraction of sp³-hybridized carbons (Fsp3) is 0.438. The van der Waals surface area contributed by atoms with Gasteiger partial charge in [-0.1, -0.05) is 0 Å². The lowest BCUT2D eigenvalue weighted by Gasteiger charge is -2.20. The summed E-state index contributed by atoms with van der Waals surface area (Å²) in [5, 5.41) is 10.1. The Labute approximate surface area is 139 Å². The molecule has 8 nitrogen and oxygen atoms in total. The Kier molecular flexibility index (Phi) is 4.14. The molecule has 2 aromatic rings. The minimum Gasteiger partial charge on any atom is -0.496 e. The molecule has 24 heavy (non-hydrogen) atoms. The van der Waals surface area contributed by atoms with Gasteiger partial charge in [0.05, 0.1) is 38.8 Å². The van der Waals surface area contributed by atoms with Crippen LogP contribution < -0.4 is 24.3 Å². The summed E-state index contributed by atoms with van der Waals surface area (Å²) in [7, 11) is 1.64. The Morgan fingerprint density at radius 1 is 1.29 bits per heavy atom. The zero-order valence-electron chi connectivity index (χ0n) is 13.3. The number of aromatic amines is 1. The average Bonchev–Trinajstić information content (AvgIpc) is 3.34. The standard InChI is InChI=1S/C16H19N3O5/c1-20-13-3-15-14(22-9-23-15)2-10(13)4-17-12-7-21-8-16(12)24-11-5-18-19-6-11/h2-3,5-6,12,16-17H,4,7-9H2,1H3,(H,18,19)/t12-,16+/m0/s1. The third-order valence-electron chi connectivity index (χ3n) is 4.12. The number of nitrogens with zero attached hydrogens (tertiary/aromatic N) is 1. The molecule has 0 bridgehead atoms. The predicted molar refractivity (Wildman–Crippen MR) is 83.6 cm³/mol. The lowest BCUT2D eigenvalue weighted by Crippen LogP contribution is -2.41. The maximum absolute atomic E-state index is 5.89. The van der Waals surface area contributed by atoms with Crippen LogP contribution in [0.15, 0.2) is 24.5 Å². The van der Waals surface area contributed by atoms with E-state index in [0.717, 1.165) is 17.1 Å². The molecular formula is C16H19N3O5. The van der Waals surface area contributed by atoms with Crippen molar-refractivity contribution >= 4 is 0 Å². The van der Waals surface area contributed by atoms with Crippen molar-refractivity contribution < 1.29 is 23.7 Å². The largest absolute Gasteiger partial charge is 0.496 e. The second kappa shape index (κ2) is 6.58. The van der Waals surface area contributed by atoms with E-state index in [0.29, 0.717) is 31.3 Å². The smallest absolute Gasteiger partial charge is 0.231 e. The van der Waals surface area contributed by atoms with Crippen LogP contribution in [-0.2, 0) is 11.3 Å². The van der Waals surface area contributed by atoms with Crippen molar-refractivity contribution in [3.05, 3.63) is 30.1 Å². The summed E-state index contributed by atoms with van der Waals surface area (Å²) >= 11 is 0. The fourth-order valence-electron chi connectivity index (χ4n) is 2.85. The zero-order chi connectivity index (χ0) is 16.4. The summed E-state index contributed by atoms with van der Waals surface area (Å²) in [6.45, 7) is 1.99. The number of rotatable bonds is 6. The molecule has 0 amide bonds. The van der Waals surface area contributed by atoms with Crippen LogP contribution in [0.3, 0.4) is 0 Å². The molecule has 1 aromatic carbocycles. The Hall–Kier alpha value is -2.45. The molecule has 0 saturated carbocycles. The highest BCUT2D eigenvalue weighted by Crippen LogP contribution is 2.38. The molecule has 2 aliphatic rings. The van der Waals surface area contributed by atoms with Gasteiger partial charge in [-0.3, -0.25) is 5.10 Å². The highest BCUT2D eigenvalue weighted by molar-refractivity contribution is 5.51. The van der Waals surface area contributed by atoms with E-state index in [1.165, 1.54) is 0 Å². The van der Waals surface area contributed by atoms with E-state index in [1.807, 2.05) is 12.1 Å². The highest BCUT2D eigenvalue weighted by Gasteiger charge is 2.30. The molecule has 1 aromatic heterocycles. The number of methoxy groups -OCH3 is 1. The number of H-pyrrole nitrogens is 1. The molecule has 2 atom stereocenters. The maximum Gasteiger partial charge on any atom is 0.231 e. The first-order valence-corrected chi connectivity index (χ1v) is 7.76. The van der Waals surface area contributed by atoms with Crippen molar-refractivity contribution in [2.45, 2.75) is 18.7 Å². The Balaban J connectivity index is 1.42. The lowest BCUT2D eigenvalue weighted by atomic mass is 10.1. The van der Waals surface area contributed by atoms with Gasteiger partial charge in [0.2, 0.25) is 6.79 Å². The van der Waals surface area contributed by atoms with Crippen molar-refractivity contribution in [1.82, 2.24) is 15.5 Å². The van der Waals surface area contributed by atoms with Gasteiger partial charge < -0.3 is 29.0 Å². The summed E-state index contributed by atoms with van der Waals surface area (Å²) in [6, 6.07) is 3.87. The quantitative estimate of drug-likeness (QED) is 0.818. The first-order valence-electron chi connectivity index (χ1n) is 7.76. The van der Waals surface area contributed by atoms with E-state index in [2.05, 4.69) is 15.5 Å². The maximum atomic E-state index is 5.89. The molecular weight excluding hydrogens is 314 g/mol. The van der Waals surface area contributed by atoms with Crippen LogP contribution in [0, 0.1) is 0 Å². The molecule has 3 heterocycles. The van der Waals surface area contributed by atoms with Crippen LogP contribution in [0.5, 0.6) is 23.0 Å². The fourth-order valence-corrected chi connectivity index (χ4v) is 2.85. The van der Waals surface area contributed by atoms with E-state index >= 15 is 0 Å². The van der Waals surface area contributed by atoms with Crippen LogP contribution in [0.2, 0.25) is 0 Å². The van der Waals surface area contributed by atoms with Crippen LogP contribution in [0.1, 0.15) is 5.56 Å². The van der Waals surface area contributed by atoms with E-state index < -0.39 is 0 Å². The molecule has 0 unspecified atom stereocenters. The van der Waals surface area contributed by atoms with E-state index in [-0.39, 0.29) is 18.9 Å². The highest BCUT2D eigenvalue weighted by atomic mass is 16.7. The molecule has 1 saturated heterocycles. The Morgan fingerprint density at radius 3 is 2.96 bits per heavy atom. The van der Waals surface area contributed by atoms with Gasteiger partial charge in [0.15, 0.2) is 17.2 Å². The molecule has 8 heteroatoms. The average molecular weight is 333 g/mol. The summed E-state index contributed by atoms with van der Waals surface area (Å²) in [5.74, 6) is 2.92. The molecule has 0 radical (unpaired) electrons. The van der Waals surface area contributed by atoms with Crippen molar-refractivity contribution in [3.63, 3.8) is 0 Å². The van der Waals surface area contributed by atoms with Gasteiger partial charge in [-0.2, -0.15) is 5.10 Å². The number of aromatic nitrogens is 2. The van der Waals surface area contributed by atoms with Gasteiger partial charge >= 0.3 is 0 Å². The second-order valence-electron chi connectivity index (χ2n) is 5.63. The predicted octanol–water partition coefficient (Wildman–Crippen LogP) is 1.08. The van der Waals surface area contributed by atoms with Crippen LogP contribution >= 0.6 is 0 Å². The van der Waals surface area contributed by atoms with Crippen LogP contribution in [0.25, 0.3) is 0 Å². The van der Waals surface area contributed by atoms with E-state index in [9.17, 15) is 0 Å². The van der Waals surface area contributed by atoms with Gasteiger partial charge in [-0.05, 0) is 6.07 Å². The number of fused-ring (bicyclic) bond motifs is 1. The number of ether oxygens (including phenoxy) is 5. The van der Waals surface area contributed by atoms with Crippen molar-refractivity contribution in [1.29, 1.82) is 0 Å². The van der Waals surface area contributed by atoms with Gasteiger partial charge in [-0.25, -0.2) is 0 Å². The molecule has 2 N–H and O–H groups in total. The van der Waals surface area contributed by atoms with E-state index in [1.54, 1.807) is 19.5 Å². The molecule has 0 aliphatic carbocycles. The lowest BCUT2D eigenvalue weighted by molar-refractivity contribution is 0.139. The zero-order valence-corrected chi connectivity index (χ0v) is 13.3. The van der Waals surface area contributed by atoms with Gasteiger partial charge in [0.25, 0.3) is 0 Å². The molecule has 4 rings (SSSR count). The van der Waals surface area contributed by atoms with Gasteiger partial charge in [0.1, 0.15) is 11.9 Å². The number of benzene rings is 1. The summed E-state index contributed by atoms with van der Waals surface area (Å²) in [5.41, 5.74) is 0.996. The summed E-state index contributed by atoms with van der Waals surface area (Å²) in [4.78, 5) is 0. The van der Waals surface area contributed by atoms with Gasteiger partial charge in [0, 0.05) is 18.2 Å². The van der Waals surface area contributed by atoms with E-state index in [4.69, 9.17) is 23.7 Å². The van der Waals surface area contributed by atoms with Crippen molar-refractivity contribution in [2.75, 3.05) is 27.1 Å². The normalized spacial score (nSPS) is 21.9.